The molecule has 0 bridgehead atoms. The Morgan fingerprint density at radius 1 is 0.786 bits per heavy atom. The molecule has 0 spiro atoms. The Labute approximate surface area is 166 Å². The molecule has 0 saturated heterocycles. The zero-order chi connectivity index (χ0) is 21.4. The monoisotopic (exact) mass is 402 g/mol. The number of ether oxygens (including phenoxy) is 2. The van der Waals surface area contributed by atoms with E-state index in [2.05, 4.69) is 0 Å². The maximum absolute atomic E-state index is 11.7. The average molecular weight is 402 g/mol. The van der Waals surface area contributed by atoms with E-state index in [9.17, 15) is 19.2 Å². The van der Waals surface area contributed by atoms with Gasteiger partial charge in [0.2, 0.25) is 0 Å². The van der Waals surface area contributed by atoms with E-state index in [-0.39, 0.29) is 49.6 Å². The van der Waals surface area contributed by atoms with Crippen molar-refractivity contribution in [1.29, 1.82) is 0 Å². The summed E-state index contributed by atoms with van der Waals surface area (Å²) >= 11 is 0. The molecule has 0 aliphatic heterocycles. The molecule has 8 heteroatoms. The van der Waals surface area contributed by atoms with E-state index in [0.29, 0.717) is 38.7 Å². The Kier molecular flexibility index (Phi) is 14.7. The predicted molar refractivity (Wildman–Crippen MR) is 102 cm³/mol. The number of hydrogen-bond acceptors (Lipinski definition) is 6. The van der Waals surface area contributed by atoms with Crippen molar-refractivity contribution in [3.63, 3.8) is 0 Å². The summed E-state index contributed by atoms with van der Waals surface area (Å²) in [6, 6.07) is 0. The van der Waals surface area contributed by atoms with Gasteiger partial charge in [0, 0.05) is 25.7 Å². The molecule has 0 aliphatic carbocycles. The standard InChI is InChI=1S/C20H34O8/c1-3-16(14-27-19(25)10-6-4-8-17(21)22)13-12-15(2)28-20(26)11-7-5-9-18(23)24/h15-16H,3-14H2,1-2H3,(H,21,22)(H,23,24). The molecule has 2 N–H and O–H groups in total. The number of carbonyl (C=O) groups excluding carboxylic acids is 2. The molecule has 8 nitrogen and oxygen atoms in total. The van der Waals surface area contributed by atoms with Gasteiger partial charge >= 0.3 is 23.9 Å². The summed E-state index contributed by atoms with van der Waals surface area (Å²) in [6.45, 7) is 4.13. The van der Waals surface area contributed by atoms with Crippen LogP contribution in [0, 0.1) is 5.92 Å². The third kappa shape index (κ3) is 16.1. The fourth-order valence-electron chi connectivity index (χ4n) is 2.59. The summed E-state index contributed by atoms with van der Waals surface area (Å²) in [5, 5.41) is 17.1. The lowest BCUT2D eigenvalue weighted by atomic mass is 9.99. The quantitative estimate of drug-likeness (QED) is 0.279. The number of unbranched alkanes of at least 4 members (excludes halogenated alkanes) is 2. The highest BCUT2D eigenvalue weighted by molar-refractivity contribution is 5.70. The largest absolute Gasteiger partial charge is 0.481 e. The van der Waals surface area contributed by atoms with Crippen LogP contribution in [-0.2, 0) is 28.7 Å². The Morgan fingerprint density at radius 3 is 1.79 bits per heavy atom. The Balaban J connectivity index is 3.89. The number of rotatable bonds is 17. The molecule has 0 aromatic heterocycles. The zero-order valence-corrected chi connectivity index (χ0v) is 17.0. The smallest absolute Gasteiger partial charge is 0.306 e. The second kappa shape index (κ2) is 15.9. The van der Waals surface area contributed by atoms with Crippen LogP contribution in [0.2, 0.25) is 0 Å². The van der Waals surface area contributed by atoms with E-state index in [4.69, 9.17) is 19.7 Å². The molecule has 2 atom stereocenters. The summed E-state index contributed by atoms with van der Waals surface area (Å²) in [5.41, 5.74) is 0. The van der Waals surface area contributed by atoms with Crippen molar-refractivity contribution in [2.24, 2.45) is 5.92 Å². The van der Waals surface area contributed by atoms with Gasteiger partial charge in [-0.1, -0.05) is 13.3 Å². The van der Waals surface area contributed by atoms with Crippen LogP contribution in [0.15, 0.2) is 0 Å². The van der Waals surface area contributed by atoms with Crippen molar-refractivity contribution in [3.8, 4) is 0 Å². The van der Waals surface area contributed by atoms with Crippen LogP contribution in [0.4, 0.5) is 0 Å². The summed E-state index contributed by atoms with van der Waals surface area (Å²) < 4.78 is 10.6. The molecule has 0 amide bonds. The van der Waals surface area contributed by atoms with Crippen molar-refractivity contribution >= 4 is 23.9 Å². The lowest BCUT2D eigenvalue weighted by Crippen LogP contribution is -2.18. The first-order valence-electron chi connectivity index (χ1n) is 10.0. The molecule has 0 aliphatic rings. The fourth-order valence-corrected chi connectivity index (χ4v) is 2.59. The molecule has 162 valence electrons. The third-order valence-corrected chi connectivity index (χ3v) is 4.41. The van der Waals surface area contributed by atoms with Crippen molar-refractivity contribution in [3.05, 3.63) is 0 Å². The molecule has 2 unspecified atom stereocenters. The van der Waals surface area contributed by atoms with Gasteiger partial charge in [0.25, 0.3) is 0 Å². The lowest BCUT2D eigenvalue weighted by molar-refractivity contribution is -0.149. The molecular formula is C20H34O8. The summed E-state index contributed by atoms with van der Waals surface area (Å²) in [5.74, 6) is -2.19. The fraction of sp³-hybridized carbons (Fsp3) is 0.800. The minimum atomic E-state index is -0.867. The second-order valence-corrected chi connectivity index (χ2v) is 7.04. The number of esters is 2. The maximum atomic E-state index is 11.7. The topological polar surface area (TPSA) is 127 Å². The molecule has 0 rings (SSSR count). The van der Waals surface area contributed by atoms with E-state index in [1.165, 1.54) is 0 Å². The van der Waals surface area contributed by atoms with Gasteiger partial charge in [0.1, 0.15) is 0 Å². The van der Waals surface area contributed by atoms with Crippen molar-refractivity contribution in [2.45, 2.75) is 90.6 Å². The van der Waals surface area contributed by atoms with E-state index < -0.39 is 11.9 Å². The predicted octanol–water partition coefficient (Wildman–Crippen LogP) is 3.56. The normalized spacial score (nSPS) is 12.8. The highest BCUT2D eigenvalue weighted by Gasteiger charge is 2.15. The van der Waals surface area contributed by atoms with Crippen molar-refractivity contribution < 1.29 is 38.9 Å². The number of aliphatic carboxylic acids is 2. The minimum Gasteiger partial charge on any atom is -0.481 e. The average Bonchev–Trinajstić information content (AvgIpc) is 2.62. The zero-order valence-electron chi connectivity index (χ0n) is 17.0. The molecule has 0 aromatic carbocycles. The third-order valence-electron chi connectivity index (χ3n) is 4.41. The van der Waals surface area contributed by atoms with Crippen LogP contribution in [-0.4, -0.2) is 46.8 Å². The van der Waals surface area contributed by atoms with E-state index in [0.717, 1.165) is 12.8 Å². The van der Waals surface area contributed by atoms with Gasteiger partial charge in [-0.25, -0.2) is 0 Å². The Hall–Kier alpha value is -2.12. The molecule has 0 heterocycles. The molecular weight excluding hydrogens is 368 g/mol. The number of carbonyl (C=O) groups is 4. The van der Waals surface area contributed by atoms with Gasteiger partial charge < -0.3 is 19.7 Å². The first kappa shape index (κ1) is 25.9. The van der Waals surface area contributed by atoms with Gasteiger partial charge in [-0.3, -0.25) is 19.2 Å². The van der Waals surface area contributed by atoms with E-state index in [1.807, 2.05) is 13.8 Å². The highest BCUT2D eigenvalue weighted by atomic mass is 16.5. The van der Waals surface area contributed by atoms with Gasteiger partial charge in [0.05, 0.1) is 12.7 Å². The second-order valence-electron chi connectivity index (χ2n) is 7.04. The lowest BCUT2D eigenvalue weighted by Gasteiger charge is -2.18. The van der Waals surface area contributed by atoms with Crippen molar-refractivity contribution in [1.82, 2.24) is 0 Å². The minimum absolute atomic E-state index is 0.0549. The highest BCUT2D eigenvalue weighted by Crippen LogP contribution is 2.16. The molecule has 0 radical (unpaired) electrons. The number of carboxylic acids is 2. The number of hydrogen-bond donors (Lipinski definition) is 2. The van der Waals surface area contributed by atoms with Gasteiger partial charge in [0.15, 0.2) is 0 Å². The van der Waals surface area contributed by atoms with Crippen LogP contribution in [0.3, 0.4) is 0 Å². The maximum Gasteiger partial charge on any atom is 0.306 e. The van der Waals surface area contributed by atoms with Crippen LogP contribution in [0.25, 0.3) is 0 Å². The first-order chi connectivity index (χ1) is 13.2. The van der Waals surface area contributed by atoms with Crippen LogP contribution in [0.5, 0.6) is 0 Å². The Bertz CT molecular complexity index is 489. The summed E-state index contributed by atoms with van der Waals surface area (Å²) in [4.78, 5) is 44.2. The SMILES string of the molecule is CCC(CCC(C)OC(=O)CCCCC(=O)O)COC(=O)CCCCC(=O)O. The van der Waals surface area contributed by atoms with Gasteiger partial charge in [-0.15, -0.1) is 0 Å². The molecule has 28 heavy (non-hydrogen) atoms. The molecule has 0 fully saturated rings. The van der Waals surface area contributed by atoms with E-state index >= 15 is 0 Å². The van der Waals surface area contributed by atoms with Crippen LogP contribution >= 0.6 is 0 Å². The van der Waals surface area contributed by atoms with Crippen LogP contribution < -0.4 is 0 Å². The molecule has 0 aromatic rings. The summed E-state index contributed by atoms with van der Waals surface area (Å²) in [6.07, 6.45) is 4.48. The Morgan fingerprint density at radius 2 is 1.29 bits per heavy atom. The van der Waals surface area contributed by atoms with Gasteiger partial charge in [-0.2, -0.15) is 0 Å². The van der Waals surface area contributed by atoms with Crippen molar-refractivity contribution in [2.75, 3.05) is 6.61 Å². The van der Waals surface area contributed by atoms with Gasteiger partial charge in [-0.05, 0) is 51.4 Å². The summed E-state index contributed by atoms with van der Waals surface area (Å²) in [7, 11) is 0. The first-order valence-corrected chi connectivity index (χ1v) is 10.0. The molecule has 0 saturated carbocycles. The van der Waals surface area contributed by atoms with Crippen LogP contribution in [0.1, 0.15) is 84.5 Å². The van der Waals surface area contributed by atoms with E-state index in [1.54, 1.807) is 0 Å². The number of carboxylic acid groups (broad SMARTS) is 2.